The molecule has 6 nitrogen and oxygen atoms in total. The molecule has 0 spiro atoms. The van der Waals surface area contributed by atoms with E-state index in [4.69, 9.17) is 10.5 Å². The minimum Gasteiger partial charge on any atom is -0.495 e. The highest BCUT2D eigenvalue weighted by atomic mass is 16.5. The predicted molar refractivity (Wildman–Crippen MR) is 75.6 cm³/mol. The molecule has 2 N–H and O–H groups in total. The van der Waals surface area contributed by atoms with Gasteiger partial charge < -0.3 is 10.5 Å². The van der Waals surface area contributed by atoms with Crippen molar-refractivity contribution in [3.63, 3.8) is 0 Å². The maximum Gasteiger partial charge on any atom is 0.181 e. The van der Waals surface area contributed by atoms with E-state index in [0.717, 1.165) is 5.56 Å². The highest BCUT2D eigenvalue weighted by Crippen LogP contribution is 2.17. The van der Waals surface area contributed by atoms with Gasteiger partial charge in [-0.05, 0) is 36.4 Å². The zero-order valence-corrected chi connectivity index (χ0v) is 10.9. The van der Waals surface area contributed by atoms with Crippen molar-refractivity contribution < 1.29 is 4.74 Å². The zero-order chi connectivity index (χ0) is 13.9. The van der Waals surface area contributed by atoms with Crippen LogP contribution in [0.1, 0.15) is 0 Å². The summed E-state index contributed by atoms with van der Waals surface area (Å²) in [5, 5.41) is 4.40. The molecule has 0 fully saturated rings. The van der Waals surface area contributed by atoms with Crippen molar-refractivity contribution in [1.29, 1.82) is 0 Å². The maximum absolute atomic E-state index is 5.66. The zero-order valence-electron chi connectivity index (χ0n) is 10.9. The Morgan fingerprint density at radius 1 is 1.05 bits per heavy atom. The number of anilines is 1. The number of nitrogen functional groups attached to an aromatic ring is 1. The topological polar surface area (TPSA) is 78.9 Å². The van der Waals surface area contributed by atoms with Crippen LogP contribution in [0.2, 0.25) is 0 Å². The van der Waals surface area contributed by atoms with Gasteiger partial charge in [-0.2, -0.15) is 0 Å². The van der Waals surface area contributed by atoms with Gasteiger partial charge >= 0.3 is 0 Å². The standard InChI is InChI=1S/C14H13N5O/c1-20-12-6-7-13(16-8-12)19-9-17-14(18-19)10-2-4-11(15)5-3-10/h2-9H,15H2,1H3. The van der Waals surface area contributed by atoms with Crippen molar-refractivity contribution in [3.8, 4) is 23.0 Å². The Hall–Kier alpha value is -2.89. The number of benzene rings is 1. The molecule has 0 unspecified atom stereocenters. The van der Waals surface area contributed by atoms with Crippen LogP contribution in [0.25, 0.3) is 17.2 Å². The van der Waals surface area contributed by atoms with Crippen LogP contribution >= 0.6 is 0 Å². The highest BCUT2D eigenvalue weighted by Gasteiger charge is 2.06. The van der Waals surface area contributed by atoms with Crippen LogP contribution in [0, 0.1) is 0 Å². The smallest absolute Gasteiger partial charge is 0.181 e. The van der Waals surface area contributed by atoms with Crippen molar-refractivity contribution in [2.45, 2.75) is 0 Å². The summed E-state index contributed by atoms with van der Waals surface area (Å²) >= 11 is 0. The molecule has 0 aliphatic rings. The first kappa shape index (κ1) is 12.2. The van der Waals surface area contributed by atoms with Gasteiger partial charge in [-0.1, -0.05) is 0 Å². The van der Waals surface area contributed by atoms with E-state index in [1.807, 2.05) is 36.4 Å². The molecule has 0 aliphatic carbocycles. The quantitative estimate of drug-likeness (QED) is 0.733. The predicted octanol–water partition coefficient (Wildman–Crippen LogP) is 1.92. The van der Waals surface area contributed by atoms with Crippen molar-refractivity contribution in [2.75, 3.05) is 12.8 Å². The van der Waals surface area contributed by atoms with Crippen LogP contribution < -0.4 is 10.5 Å². The second kappa shape index (κ2) is 5.00. The number of aromatic nitrogens is 4. The second-order valence-corrected chi connectivity index (χ2v) is 4.19. The van der Waals surface area contributed by atoms with Gasteiger partial charge in [-0.15, -0.1) is 5.10 Å². The Balaban J connectivity index is 1.91. The SMILES string of the molecule is COc1ccc(-n2cnc(-c3ccc(N)cc3)n2)nc1. The first-order valence-corrected chi connectivity index (χ1v) is 6.04. The number of rotatable bonds is 3. The Bertz CT molecular complexity index is 703. The fraction of sp³-hybridized carbons (Fsp3) is 0.0714. The minimum atomic E-state index is 0.627. The molecule has 0 saturated heterocycles. The number of nitrogens with two attached hydrogens (primary N) is 1. The monoisotopic (exact) mass is 267 g/mol. The van der Waals surface area contributed by atoms with E-state index in [1.54, 1.807) is 24.3 Å². The Labute approximate surface area is 115 Å². The van der Waals surface area contributed by atoms with Crippen LogP contribution in [0.15, 0.2) is 48.9 Å². The first-order valence-electron chi connectivity index (χ1n) is 6.04. The number of methoxy groups -OCH3 is 1. The van der Waals surface area contributed by atoms with E-state index in [1.165, 1.54) is 0 Å². The summed E-state index contributed by atoms with van der Waals surface area (Å²) in [6, 6.07) is 11.1. The molecule has 0 radical (unpaired) electrons. The van der Waals surface area contributed by atoms with Gasteiger partial charge in [0.2, 0.25) is 0 Å². The molecule has 1 aromatic carbocycles. The molecule has 20 heavy (non-hydrogen) atoms. The molecular formula is C14H13N5O. The Kier molecular flexibility index (Phi) is 3.04. The number of hydrogen-bond acceptors (Lipinski definition) is 5. The van der Waals surface area contributed by atoms with Crippen molar-refractivity contribution in [3.05, 3.63) is 48.9 Å². The third-order valence-electron chi connectivity index (χ3n) is 2.85. The van der Waals surface area contributed by atoms with Crippen LogP contribution in [-0.4, -0.2) is 26.9 Å². The summed E-state index contributed by atoms with van der Waals surface area (Å²) < 4.78 is 6.69. The summed E-state index contributed by atoms with van der Waals surface area (Å²) in [4.78, 5) is 8.53. The number of ether oxygens (including phenoxy) is 1. The second-order valence-electron chi connectivity index (χ2n) is 4.19. The molecule has 100 valence electrons. The third-order valence-corrected chi connectivity index (χ3v) is 2.85. The molecule has 0 atom stereocenters. The van der Waals surface area contributed by atoms with Gasteiger partial charge in [-0.3, -0.25) is 0 Å². The van der Waals surface area contributed by atoms with Crippen LogP contribution in [0.3, 0.4) is 0 Å². The van der Waals surface area contributed by atoms with Gasteiger partial charge in [-0.25, -0.2) is 14.6 Å². The Morgan fingerprint density at radius 3 is 2.50 bits per heavy atom. The fourth-order valence-corrected chi connectivity index (χ4v) is 1.77. The van der Waals surface area contributed by atoms with Gasteiger partial charge in [0.25, 0.3) is 0 Å². The van der Waals surface area contributed by atoms with Crippen molar-refractivity contribution in [2.24, 2.45) is 0 Å². The largest absolute Gasteiger partial charge is 0.495 e. The molecule has 3 aromatic rings. The highest BCUT2D eigenvalue weighted by molar-refractivity contribution is 5.58. The molecule has 0 aliphatic heterocycles. The average molecular weight is 267 g/mol. The van der Waals surface area contributed by atoms with Crippen molar-refractivity contribution in [1.82, 2.24) is 19.7 Å². The summed E-state index contributed by atoms with van der Waals surface area (Å²) in [6.45, 7) is 0. The maximum atomic E-state index is 5.66. The van der Waals surface area contributed by atoms with E-state index < -0.39 is 0 Å². The van der Waals surface area contributed by atoms with E-state index in [9.17, 15) is 0 Å². The van der Waals surface area contributed by atoms with Gasteiger partial charge in [0.05, 0.1) is 13.3 Å². The van der Waals surface area contributed by atoms with E-state index >= 15 is 0 Å². The van der Waals surface area contributed by atoms with Crippen molar-refractivity contribution >= 4 is 5.69 Å². The summed E-state index contributed by atoms with van der Waals surface area (Å²) in [7, 11) is 1.60. The summed E-state index contributed by atoms with van der Waals surface area (Å²) in [5.41, 5.74) is 7.28. The molecule has 0 bridgehead atoms. The van der Waals surface area contributed by atoms with Crippen LogP contribution in [0.5, 0.6) is 5.75 Å². The van der Waals surface area contributed by atoms with Crippen LogP contribution in [0.4, 0.5) is 5.69 Å². The number of nitrogens with zero attached hydrogens (tertiary/aromatic N) is 4. The molecule has 0 amide bonds. The third kappa shape index (κ3) is 2.31. The summed E-state index contributed by atoms with van der Waals surface area (Å²) in [5.74, 6) is 2.01. The van der Waals surface area contributed by atoms with E-state index in [-0.39, 0.29) is 0 Å². The normalized spacial score (nSPS) is 10.4. The molecule has 3 rings (SSSR count). The van der Waals surface area contributed by atoms with Crippen LogP contribution in [-0.2, 0) is 0 Å². The average Bonchev–Trinajstić information content (AvgIpc) is 2.98. The molecule has 0 saturated carbocycles. The lowest BCUT2D eigenvalue weighted by molar-refractivity contribution is 0.412. The molecule has 2 heterocycles. The lowest BCUT2D eigenvalue weighted by Crippen LogP contribution is -1.98. The lowest BCUT2D eigenvalue weighted by Gasteiger charge is -2.01. The Morgan fingerprint density at radius 2 is 1.85 bits per heavy atom. The van der Waals surface area contributed by atoms with Gasteiger partial charge in [0.1, 0.15) is 12.1 Å². The molecule has 6 heteroatoms. The summed E-state index contributed by atoms with van der Waals surface area (Å²) in [6.07, 6.45) is 3.26. The fourth-order valence-electron chi connectivity index (χ4n) is 1.77. The van der Waals surface area contributed by atoms with E-state index in [2.05, 4.69) is 15.1 Å². The lowest BCUT2D eigenvalue weighted by atomic mass is 10.2. The van der Waals surface area contributed by atoms with E-state index in [0.29, 0.717) is 23.1 Å². The molecular weight excluding hydrogens is 254 g/mol. The minimum absolute atomic E-state index is 0.627. The molecule has 2 aromatic heterocycles. The number of pyridine rings is 1. The first-order chi connectivity index (χ1) is 9.76. The number of hydrogen-bond donors (Lipinski definition) is 1. The van der Waals surface area contributed by atoms with Gasteiger partial charge in [0, 0.05) is 11.3 Å². The van der Waals surface area contributed by atoms with Gasteiger partial charge in [0.15, 0.2) is 11.6 Å².